The molecule has 3 N–H and O–H groups in total. The minimum Gasteiger partial charge on any atom is -0.475 e. The van der Waals surface area contributed by atoms with E-state index >= 15 is 0 Å². The minimum atomic E-state index is -5.08. The molecule has 2 fully saturated rings. The normalized spacial score (nSPS) is 22.2. The van der Waals surface area contributed by atoms with E-state index in [1.165, 1.54) is 0 Å². The molecule has 206 valence electrons. The van der Waals surface area contributed by atoms with Crippen molar-refractivity contribution in [3.63, 3.8) is 0 Å². The van der Waals surface area contributed by atoms with Crippen LogP contribution in [0.2, 0.25) is 0 Å². The highest BCUT2D eigenvalue weighted by Gasteiger charge is 2.59. The maximum absolute atomic E-state index is 14.6. The molecule has 1 spiro atoms. The van der Waals surface area contributed by atoms with Crippen molar-refractivity contribution >= 4 is 11.9 Å². The summed E-state index contributed by atoms with van der Waals surface area (Å²) in [6.07, 6.45) is -8.03. The highest BCUT2D eigenvalue weighted by Crippen LogP contribution is 2.49. The van der Waals surface area contributed by atoms with E-state index in [0.29, 0.717) is 45.7 Å². The summed E-state index contributed by atoms with van der Waals surface area (Å²) >= 11 is 0. The van der Waals surface area contributed by atoms with Crippen LogP contribution in [0.15, 0.2) is 24.4 Å². The molecule has 2 aliphatic heterocycles. The Morgan fingerprint density at radius 2 is 1.42 bits per heavy atom. The van der Waals surface area contributed by atoms with E-state index in [1.807, 2.05) is 23.1 Å². The zero-order valence-electron chi connectivity index (χ0n) is 18.7. The fourth-order valence-electron chi connectivity index (χ4n) is 3.76. The number of aromatic nitrogens is 1. The van der Waals surface area contributed by atoms with Gasteiger partial charge in [0.25, 0.3) is 5.92 Å². The number of alkyl halides is 8. The maximum atomic E-state index is 14.6. The van der Waals surface area contributed by atoms with Gasteiger partial charge in [-0.15, -0.1) is 0 Å². The molecule has 0 bridgehead atoms. The predicted molar refractivity (Wildman–Crippen MR) is 107 cm³/mol. The molecule has 1 atom stereocenters. The van der Waals surface area contributed by atoms with E-state index in [4.69, 9.17) is 24.9 Å². The summed E-state index contributed by atoms with van der Waals surface area (Å²) in [5.41, 5.74) is -0.0549. The van der Waals surface area contributed by atoms with Crippen LogP contribution in [0.3, 0.4) is 0 Å². The number of likely N-dealkylation sites (tertiary alicyclic amines) is 2. The zero-order chi connectivity index (χ0) is 27.8. The summed E-state index contributed by atoms with van der Waals surface area (Å²) in [6, 6.07) is 5.71. The van der Waals surface area contributed by atoms with Gasteiger partial charge in [-0.2, -0.15) is 26.3 Å². The Hall–Kier alpha value is -2.59. The number of pyridine rings is 1. The Bertz CT molecular complexity index is 830. The standard InChI is InChI=1S/C16H23F2N3O.2C2HF3O2/c17-16(18)5-8-20(9-10-22)12-15(16)4-7-21(13-15)11-14-3-1-2-6-19-14;2*3-2(4,5)1(6)7/h1-3,6,22H,4-5,7-13H2;2*(H,6,7). The lowest BCUT2D eigenvalue weighted by atomic mass is 9.75. The van der Waals surface area contributed by atoms with Crippen LogP contribution in [0.4, 0.5) is 35.1 Å². The third-order valence-corrected chi connectivity index (χ3v) is 5.49. The van der Waals surface area contributed by atoms with Gasteiger partial charge in [-0.05, 0) is 25.1 Å². The molecular weight excluding hydrogens is 514 g/mol. The summed E-state index contributed by atoms with van der Waals surface area (Å²) in [4.78, 5) is 26.1. The van der Waals surface area contributed by atoms with Crippen molar-refractivity contribution in [3.8, 4) is 0 Å². The first-order chi connectivity index (χ1) is 16.4. The molecule has 1 aromatic rings. The predicted octanol–water partition coefficient (Wildman–Crippen LogP) is 2.87. The fourth-order valence-corrected chi connectivity index (χ4v) is 3.76. The number of aliphatic carboxylic acids is 2. The van der Waals surface area contributed by atoms with Gasteiger partial charge in [0.2, 0.25) is 0 Å². The van der Waals surface area contributed by atoms with Crippen molar-refractivity contribution in [2.24, 2.45) is 5.41 Å². The smallest absolute Gasteiger partial charge is 0.475 e. The first-order valence-corrected chi connectivity index (χ1v) is 10.4. The monoisotopic (exact) mass is 539 g/mol. The number of carboxylic acid groups (broad SMARTS) is 2. The molecule has 16 heteroatoms. The number of rotatable bonds is 4. The third-order valence-electron chi connectivity index (χ3n) is 5.49. The third kappa shape index (κ3) is 9.46. The van der Waals surface area contributed by atoms with Crippen LogP contribution in [0.1, 0.15) is 18.5 Å². The summed E-state index contributed by atoms with van der Waals surface area (Å²) in [7, 11) is 0. The number of halogens is 8. The minimum absolute atomic E-state index is 0.0271. The Balaban J connectivity index is 0.000000383. The van der Waals surface area contributed by atoms with Gasteiger partial charge in [-0.1, -0.05) is 6.07 Å². The maximum Gasteiger partial charge on any atom is 0.490 e. The van der Waals surface area contributed by atoms with E-state index in [2.05, 4.69) is 9.88 Å². The highest BCUT2D eigenvalue weighted by molar-refractivity contribution is 5.73. The molecule has 0 saturated carbocycles. The van der Waals surface area contributed by atoms with E-state index < -0.39 is 35.6 Å². The van der Waals surface area contributed by atoms with Crippen LogP contribution in [-0.4, -0.2) is 99.6 Å². The molecular formula is C20H25F8N3O5. The number of nitrogens with zero attached hydrogens (tertiary/aromatic N) is 3. The van der Waals surface area contributed by atoms with Gasteiger partial charge in [0.05, 0.1) is 17.7 Å². The van der Waals surface area contributed by atoms with Crippen LogP contribution in [0.25, 0.3) is 0 Å². The molecule has 3 heterocycles. The topological polar surface area (TPSA) is 114 Å². The fraction of sp³-hybridized carbons (Fsp3) is 0.650. The van der Waals surface area contributed by atoms with E-state index in [1.54, 1.807) is 6.20 Å². The van der Waals surface area contributed by atoms with E-state index in [-0.39, 0.29) is 13.0 Å². The van der Waals surface area contributed by atoms with Crippen molar-refractivity contribution in [2.75, 3.05) is 39.3 Å². The van der Waals surface area contributed by atoms with Gasteiger partial charge in [0, 0.05) is 45.3 Å². The van der Waals surface area contributed by atoms with Crippen molar-refractivity contribution in [2.45, 2.75) is 37.7 Å². The number of β-amino-alcohol motifs (C(OH)–C–C–N with tert-alkyl or cyclic N) is 1. The molecule has 36 heavy (non-hydrogen) atoms. The molecule has 1 aromatic heterocycles. The largest absolute Gasteiger partial charge is 0.490 e. The molecule has 3 rings (SSSR count). The number of carboxylic acids is 2. The van der Waals surface area contributed by atoms with Gasteiger partial charge >= 0.3 is 24.3 Å². The Labute approximate surface area is 200 Å². The number of aliphatic hydroxyl groups excluding tert-OH is 1. The van der Waals surface area contributed by atoms with Gasteiger partial charge in [0.15, 0.2) is 0 Å². The Morgan fingerprint density at radius 3 is 1.86 bits per heavy atom. The van der Waals surface area contributed by atoms with Crippen molar-refractivity contribution < 1.29 is 60.0 Å². The summed E-state index contributed by atoms with van der Waals surface area (Å²) in [5.74, 6) is -8.14. The lowest BCUT2D eigenvalue weighted by Gasteiger charge is -2.46. The lowest BCUT2D eigenvalue weighted by molar-refractivity contribution is -0.193. The molecule has 0 amide bonds. The summed E-state index contributed by atoms with van der Waals surface area (Å²) in [6.45, 7) is 2.96. The number of carbonyl (C=O) groups is 2. The Morgan fingerprint density at radius 1 is 0.917 bits per heavy atom. The van der Waals surface area contributed by atoms with Crippen LogP contribution in [0, 0.1) is 5.41 Å². The first-order valence-electron chi connectivity index (χ1n) is 10.4. The quantitative estimate of drug-likeness (QED) is 0.501. The van der Waals surface area contributed by atoms with Crippen LogP contribution in [-0.2, 0) is 16.1 Å². The second-order valence-corrected chi connectivity index (χ2v) is 8.12. The van der Waals surface area contributed by atoms with Gasteiger partial charge in [-0.25, -0.2) is 18.4 Å². The molecule has 0 aliphatic carbocycles. The molecule has 2 saturated heterocycles. The van der Waals surface area contributed by atoms with Gasteiger partial charge < -0.3 is 20.2 Å². The average molecular weight is 539 g/mol. The second kappa shape index (κ2) is 12.6. The number of piperidine rings is 1. The molecule has 0 radical (unpaired) electrons. The molecule has 1 unspecified atom stereocenters. The van der Waals surface area contributed by atoms with Crippen molar-refractivity contribution in [1.29, 1.82) is 0 Å². The number of aliphatic hydroxyl groups is 1. The van der Waals surface area contributed by atoms with Crippen molar-refractivity contribution in [1.82, 2.24) is 14.8 Å². The molecule has 8 nitrogen and oxygen atoms in total. The average Bonchev–Trinajstić information content (AvgIpc) is 3.15. The first kappa shape index (κ1) is 31.4. The van der Waals surface area contributed by atoms with Crippen molar-refractivity contribution in [3.05, 3.63) is 30.1 Å². The van der Waals surface area contributed by atoms with E-state index in [0.717, 1.165) is 5.69 Å². The van der Waals surface area contributed by atoms with Gasteiger partial charge in [0.1, 0.15) is 0 Å². The summed E-state index contributed by atoms with van der Waals surface area (Å²) in [5, 5.41) is 23.3. The number of hydrogen-bond donors (Lipinski definition) is 3. The summed E-state index contributed by atoms with van der Waals surface area (Å²) < 4.78 is 92.6. The number of hydrogen-bond acceptors (Lipinski definition) is 6. The van der Waals surface area contributed by atoms with E-state index in [9.17, 15) is 35.1 Å². The lowest BCUT2D eigenvalue weighted by Crippen LogP contribution is -2.57. The van der Waals surface area contributed by atoms with Crippen LogP contribution < -0.4 is 0 Å². The van der Waals surface area contributed by atoms with Crippen LogP contribution >= 0.6 is 0 Å². The molecule has 2 aliphatic rings. The Kier molecular flexibility index (Phi) is 11.0. The van der Waals surface area contributed by atoms with Gasteiger partial charge in [-0.3, -0.25) is 9.88 Å². The SMILES string of the molecule is O=C(O)C(F)(F)F.O=C(O)C(F)(F)F.OCCN1CCC(F)(F)C2(CCN(Cc3ccccn3)C2)C1. The molecule has 0 aromatic carbocycles. The highest BCUT2D eigenvalue weighted by atomic mass is 19.4. The second-order valence-electron chi connectivity index (χ2n) is 8.12. The van der Waals surface area contributed by atoms with Crippen LogP contribution in [0.5, 0.6) is 0 Å². The zero-order valence-corrected chi connectivity index (χ0v) is 18.7.